The van der Waals surface area contributed by atoms with Crippen molar-refractivity contribution < 1.29 is 73.6 Å². The average Bonchev–Trinajstić information content (AvgIpc) is 1.41. The Morgan fingerprint density at radius 1 is 0.438 bits per heavy atom. The van der Waals surface area contributed by atoms with Crippen molar-refractivity contribution in [3.63, 3.8) is 0 Å². The molecule has 0 fully saturated rings. The Labute approximate surface area is 105 Å². The maximum Gasteiger partial charge on any atom is 6.00 e. The third-order valence-corrected chi connectivity index (χ3v) is 0. The van der Waals surface area contributed by atoms with Gasteiger partial charge < -0.3 is 27.3 Å². The van der Waals surface area contributed by atoms with Gasteiger partial charge in [0.15, 0.2) is 0 Å². The fourth-order valence-electron chi connectivity index (χ4n) is 0. The summed E-state index contributed by atoms with van der Waals surface area (Å²) < 4.78 is 102. The van der Waals surface area contributed by atoms with Crippen LogP contribution < -0.4 is 0 Å². The molecule has 0 bridgehead atoms. The van der Waals surface area contributed by atoms with Gasteiger partial charge in [0.25, 0.3) is 0 Å². The predicted molar refractivity (Wildman–Crippen MR) is 31.4 cm³/mol. The van der Waals surface area contributed by atoms with Gasteiger partial charge >= 0.3 is 21.1 Å². The SMILES string of the molecule is O=S(=O)([O-])[O-].O=S(=O)([O-])[O-].O=S(=O)([O-])[O-].[Mo+6]. The average molecular weight is 384 g/mol. The zero-order valence-electron chi connectivity index (χ0n) is 6.53. The van der Waals surface area contributed by atoms with E-state index in [4.69, 9.17) is 52.6 Å². The van der Waals surface area contributed by atoms with Crippen molar-refractivity contribution in [2.75, 3.05) is 0 Å². The first kappa shape index (κ1) is 25.2. The van der Waals surface area contributed by atoms with E-state index in [9.17, 15) is 0 Å². The van der Waals surface area contributed by atoms with Gasteiger partial charge in [-0.1, -0.05) is 0 Å². The topological polar surface area (TPSA) is 241 Å². The molecule has 0 aromatic carbocycles. The molecular weight excluding hydrogens is 384 g/mol. The van der Waals surface area contributed by atoms with Crippen molar-refractivity contribution in [3.05, 3.63) is 0 Å². The van der Waals surface area contributed by atoms with Crippen LogP contribution >= 0.6 is 0 Å². The first-order chi connectivity index (χ1) is 6.00. The summed E-state index contributed by atoms with van der Waals surface area (Å²) in [4.78, 5) is 0. The summed E-state index contributed by atoms with van der Waals surface area (Å²) in [6.07, 6.45) is 0. The van der Waals surface area contributed by atoms with Gasteiger partial charge in [0.1, 0.15) is 0 Å². The Hall–Kier alpha value is 0.298. The van der Waals surface area contributed by atoms with E-state index >= 15 is 0 Å². The van der Waals surface area contributed by atoms with Crippen LogP contribution in [0.3, 0.4) is 0 Å². The Morgan fingerprint density at radius 2 is 0.438 bits per heavy atom. The summed E-state index contributed by atoms with van der Waals surface area (Å²) >= 11 is 0. The van der Waals surface area contributed by atoms with E-state index < -0.39 is 31.2 Å². The second-order valence-corrected chi connectivity index (χ2v) is 3.67. The molecule has 0 N–H and O–H groups in total. The molecule has 0 saturated carbocycles. The first-order valence-electron chi connectivity index (χ1n) is 2.00. The molecule has 0 atom stereocenters. The fourth-order valence-corrected chi connectivity index (χ4v) is 0. The molecule has 12 nitrogen and oxygen atoms in total. The summed E-state index contributed by atoms with van der Waals surface area (Å²) in [5.74, 6) is 0. The summed E-state index contributed by atoms with van der Waals surface area (Å²) in [6, 6.07) is 0. The Bertz CT molecular complexity index is 337. The molecule has 0 aliphatic heterocycles. The van der Waals surface area contributed by atoms with Gasteiger partial charge in [0, 0.05) is 31.2 Å². The van der Waals surface area contributed by atoms with Gasteiger partial charge in [-0.3, -0.25) is 25.3 Å². The maximum absolute atomic E-state index is 8.52. The number of rotatable bonds is 0. The smallest absolute Gasteiger partial charge is 0.759 e. The second kappa shape index (κ2) is 9.34. The van der Waals surface area contributed by atoms with Crippen LogP contribution in [0, 0.1) is 0 Å². The molecule has 0 aromatic heterocycles. The van der Waals surface area contributed by atoms with Crippen molar-refractivity contribution in [1.29, 1.82) is 0 Å². The van der Waals surface area contributed by atoms with Gasteiger partial charge in [-0.25, -0.2) is 0 Å². The third-order valence-electron chi connectivity index (χ3n) is 0. The van der Waals surface area contributed by atoms with E-state index in [0.29, 0.717) is 0 Å². The molecule has 0 aliphatic rings. The molecule has 0 rings (SSSR count). The Morgan fingerprint density at radius 3 is 0.438 bits per heavy atom. The van der Waals surface area contributed by atoms with Crippen LogP contribution in [-0.2, 0) is 52.3 Å². The van der Waals surface area contributed by atoms with Gasteiger partial charge in [0.2, 0.25) is 0 Å². The molecule has 0 spiro atoms. The second-order valence-electron chi connectivity index (χ2n) is 1.22. The van der Waals surface area contributed by atoms with Crippen LogP contribution in [0.2, 0.25) is 0 Å². The quantitative estimate of drug-likeness (QED) is 0.220. The molecule has 0 aromatic rings. The van der Waals surface area contributed by atoms with E-state index in [2.05, 4.69) is 0 Å². The zero-order chi connectivity index (χ0) is 13.5. The minimum absolute atomic E-state index is 0. The summed E-state index contributed by atoms with van der Waals surface area (Å²) in [7, 11) is -15.5. The molecule has 0 heterocycles. The van der Waals surface area contributed by atoms with Crippen LogP contribution in [0.5, 0.6) is 0 Å². The molecule has 0 aliphatic carbocycles. The molecule has 0 amide bonds. The molecule has 0 saturated heterocycles. The number of hydrogen-bond acceptors (Lipinski definition) is 12. The van der Waals surface area contributed by atoms with Gasteiger partial charge in [-0.15, -0.1) is 0 Å². The maximum atomic E-state index is 8.52. The number of hydrogen-bond donors (Lipinski definition) is 0. The minimum Gasteiger partial charge on any atom is -0.759 e. The Kier molecular flexibility index (Phi) is 14.7. The van der Waals surface area contributed by atoms with Crippen LogP contribution in [-0.4, -0.2) is 52.6 Å². The van der Waals surface area contributed by atoms with E-state index in [1.54, 1.807) is 0 Å². The fraction of sp³-hybridized carbons (Fsp3) is 0. The van der Waals surface area contributed by atoms with Crippen LogP contribution in [0.1, 0.15) is 0 Å². The first-order valence-corrected chi connectivity index (χ1v) is 6.00. The molecule has 16 heteroatoms. The van der Waals surface area contributed by atoms with Crippen molar-refractivity contribution in [3.8, 4) is 0 Å². The van der Waals surface area contributed by atoms with E-state index in [1.807, 2.05) is 0 Å². The predicted octanol–water partition coefficient (Wildman–Crippen LogP) is -4.02. The van der Waals surface area contributed by atoms with Crippen molar-refractivity contribution in [2.24, 2.45) is 0 Å². The van der Waals surface area contributed by atoms with Gasteiger partial charge in [-0.05, 0) is 0 Å². The van der Waals surface area contributed by atoms with Crippen molar-refractivity contribution >= 4 is 31.2 Å². The van der Waals surface area contributed by atoms with E-state index in [1.165, 1.54) is 0 Å². The van der Waals surface area contributed by atoms with Crippen LogP contribution in [0.4, 0.5) is 0 Å². The summed E-state index contributed by atoms with van der Waals surface area (Å²) in [5, 5.41) is 0. The molecule has 0 radical (unpaired) electrons. The largest absolute Gasteiger partial charge is 6.00 e. The monoisotopic (exact) mass is 386 g/mol. The van der Waals surface area contributed by atoms with E-state index in [-0.39, 0.29) is 21.1 Å². The van der Waals surface area contributed by atoms with Crippen molar-refractivity contribution in [2.45, 2.75) is 0 Å². The summed E-state index contributed by atoms with van der Waals surface area (Å²) in [6.45, 7) is 0. The molecule has 96 valence electrons. The molecule has 16 heavy (non-hydrogen) atoms. The minimum atomic E-state index is -5.17. The van der Waals surface area contributed by atoms with Crippen molar-refractivity contribution in [1.82, 2.24) is 0 Å². The normalized spacial score (nSPS) is 10.9. The van der Waals surface area contributed by atoms with Crippen LogP contribution in [0.15, 0.2) is 0 Å². The zero-order valence-corrected chi connectivity index (χ0v) is 11.0. The Balaban J connectivity index is -0.0000000655. The van der Waals surface area contributed by atoms with E-state index in [0.717, 1.165) is 0 Å². The van der Waals surface area contributed by atoms with Gasteiger partial charge in [0.05, 0.1) is 0 Å². The van der Waals surface area contributed by atoms with Crippen LogP contribution in [0.25, 0.3) is 0 Å². The van der Waals surface area contributed by atoms with Gasteiger partial charge in [-0.2, -0.15) is 0 Å². The molecule has 0 unspecified atom stereocenters. The molecular formula is MoO12S3. The standard InChI is InChI=1S/Mo.3H2O4S/c;3*1-5(2,3)4/h;3*(H2,1,2,3,4)/q+6;;;/p-6. The summed E-state index contributed by atoms with van der Waals surface area (Å²) in [5.41, 5.74) is 0. The third kappa shape index (κ3) is 28400.